The van der Waals surface area contributed by atoms with Crippen molar-refractivity contribution in [1.29, 1.82) is 0 Å². The quantitative estimate of drug-likeness (QED) is 0.206. The van der Waals surface area contributed by atoms with Gasteiger partial charge in [0.1, 0.15) is 36.5 Å². The fourth-order valence-electron chi connectivity index (χ4n) is 2.81. The normalized spacial score (nSPS) is 11.4. The van der Waals surface area contributed by atoms with Crippen LogP contribution in [0.4, 0.5) is 0 Å². The molecular weight excluding hydrogens is 471 g/mol. The minimum Gasteiger partial charge on any atom is -0.457 e. The van der Waals surface area contributed by atoms with Gasteiger partial charge in [0, 0.05) is 26.2 Å². The summed E-state index contributed by atoms with van der Waals surface area (Å²) in [6, 6.07) is 19.9. The van der Waals surface area contributed by atoms with E-state index in [1.54, 1.807) is 41.3 Å². The largest absolute Gasteiger partial charge is 0.457 e. The molecule has 0 saturated carbocycles. The maximum atomic E-state index is 6.21. The molecule has 0 unspecified atom stereocenters. The summed E-state index contributed by atoms with van der Waals surface area (Å²) >= 11 is 18.1. The van der Waals surface area contributed by atoms with Crippen molar-refractivity contribution in [3.8, 4) is 11.5 Å². The van der Waals surface area contributed by atoms with Crippen molar-refractivity contribution >= 4 is 40.5 Å². The standard InChI is InChI=1S/C23H17Cl3N4O2/c24-18-5-9-21(10-6-18)32-20-7-2-16(3-8-20)23(12-30-15-27-14-28-30)29-31-13-17-1-4-19(25)11-22(17)26/h1-11,14-15H,12-13H2/b29-23-. The van der Waals surface area contributed by atoms with E-state index in [0.717, 1.165) is 11.1 Å². The van der Waals surface area contributed by atoms with Gasteiger partial charge in [0.15, 0.2) is 0 Å². The van der Waals surface area contributed by atoms with Crippen molar-refractivity contribution in [2.75, 3.05) is 0 Å². The molecule has 0 spiro atoms. The second kappa shape index (κ2) is 10.5. The summed E-state index contributed by atoms with van der Waals surface area (Å²) < 4.78 is 7.52. The molecule has 0 N–H and O–H groups in total. The first-order valence-electron chi connectivity index (χ1n) is 9.56. The van der Waals surface area contributed by atoms with E-state index in [4.69, 9.17) is 44.4 Å². The first-order valence-corrected chi connectivity index (χ1v) is 10.7. The van der Waals surface area contributed by atoms with Gasteiger partial charge in [0.2, 0.25) is 0 Å². The van der Waals surface area contributed by atoms with E-state index < -0.39 is 0 Å². The molecule has 32 heavy (non-hydrogen) atoms. The molecule has 0 fully saturated rings. The Morgan fingerprint density at radius 2 is 1.56 bits per heavy atom. The Labute approximate surface area is 200 Å². The van der Waals surface area contributed by atoms with Crippen LogP contribution in [0.5, 0.6) is 11.5 Å². The highest BCUT2D eigenvalue weighted by molar-refractivity contribution is 6.35. The van der Waals surface area contributed by atoms with Crippen molar-refractivity contribution < 1.29 is 9.57 Å². The van der Waals surface area contributed by atoms with E-state index in [-0.39, 0.29) is 6.61 Å². The van der Waals surface area contributed by atoms with Crippen LogP contribution in [0.25, 0.3) is 0 Å². The molecule has 6 nitrogen and oxygen atoms in total. The molecule has 0 aliphatic heterocycles. The first kappa shape index (κ1) is 22.1. The molecule has 0 bridgehead atoms. The highest BCUT2D eigenvalue weighted by Gasteiger charge is 2.09. The highest BCUT2D eigenvalue weighted by atomic mass is 35.5. The predicted molar refractivity (Wildman–Crippen MR) is 126 cm³/mol. The molecule has 1 aromatic heterocycles. The first-order chi connectivity index (χ1) is 15.6. The third-order valence-electron chi connectivity index (χ3n) is 4.43. The Morgan fingerprint density at radius 3 is 2.22 bits per heavy atom. The van der Waals surface area contributed by atoms with Crippen LogP contribution >= 0.6 is 34.8 Å². The van der Waals surface area contributed by atoms with Crippen LogP contribution in [0.15, 0.2) is 84.5 Å². The van der Waals surface area contributed by atoms with Crippen LogP contribution in [0.2, 0.25) is 15.1 Å². The van der Waals surface area contributed by atoms with Gasteiger partial charge in [-0.15, -0.1) is 0 Å². The third kappa shape index (κ3) is 6.01. The van der Waals surface area contributed by atoms with Crippen LogP contribution in [0.1, 0.15) is 11.1 Å². The lowest BCUT2D eigenvalue weighted by molar-refractivity contribution is 0.130. The number of hydrogen-bond donors (Lipinski definition) is 0. The molecule has 0 aliphatic rings. The smallest absolute Gasteiger partial charge is 0.143 e. The molecule has 4 aromatic rings. The second-order valence-electron chi connectivity index (χ2n) is 6.72. The summed E-state index contributed by atoms with van der Waals surface area (Å²) in [6.07, 6.45) is 3.08. The molecule has 0 amide bonds. The Morgan fingerprint density at radius 1 is 0.875 bits per heavy atom. The number of ether oxygens (including phenoxy) is 1. The molecule has 0 radical (unpaired) electrons. The van der Waals surface area contributed by atoms with Gasteiger partial charge in [-0.25, -0.2) is 9.67 Å². The fourth-order valence-corrected chi connectivity index (χ4v) is 3.40. The maximum Gasteiger partial charge on any atom is 0.143 e. The zero-order valence-electron chi connectivity index (χ0n) is 16.7. The number of halogens is 3. The van der Waals surface area contributed by atoms with Crippen LogP contribution < -0.4 is 4.74 Å². The summed E-state index contributed by atoms with van der Waals surface area (Å²) in [5.74, 6) is 1.38. The van der Waals surface area contributed by atoms with Gasteiger partial charge in [-0.2, -0.15) is 5.10 Å². The molecule has 0 atom stereocenters. The lowest BCUT2D eigenvalue weighted by atomic mass is 10.1. The maximum absolute atomic E-state index is 6.21. The number of nitrogens with zero attached hydrogens (tertiary/aromatic N) is 4. The lowest BCUT2D eigenvalue weighted by Crippen LogP contribution is -2.13. The molecule has 9 heteroatoms. The highest BCUT2D eigenvalue weighted by Crippen LogP contribution is 2.24. The van der Waals surface area contributed by atoms with Gasteiger partial charge in [-0.05, 0) is 60.7 Å². The van der Waals surface area contributed by atoms with E-state index >= 15 is 0 Å². The molecule has 0 saturated heterocycles. The summed E-state index contributed by atoms with van der Waals surface area (Å²) in [4.78, 5) is 9.58. The van der Waals surface area contributed by atoms with E-state index in [9.17, 15) is 0 Å². The molecule has 3 aromatic carbocycles. The van der Waals surface area contributed by atoms with E-state index in [2.05, 4.69) is 15.2 Å². The Balaban J connectivity index is 1.50. The number of aromatic nitrogens is 3. The number of hydrogen-bond acceptors (Lipinski definition) is 5. The van der Waals surface area contributed by atoms with Gasteiger partial charge < -0.3 is 9.57 Å². The fraction of sp³-hybridized carbons (Fsp3) is 0.0870. The van der Waals surface area contributed by atoms with E-state index in [0.29, 0.717) is 38.8 Å². The lowest BCUT2D eigenvalue weighted by Gasteiger charge is -2.10. The topological polar surface area (TPSA) is 61.5 Å². The molecule has 4 rings (SSSR count). The minimum atomic E-state index is 0.203. The van der Waals surface area contributed by atoms with Crippen LogP contribution in [-0.4, -0.2) is 20.5 Å². The number of rotatable bonds is 8. The van der Waals surface area contributed by atoms with E-state index in [1.165, 1.54) is 6.33 Å². The van der Waals surface area contributed by atoms with Crippen molar-refractivity contribution in [3.63, 3.8) is 0 Å². The van der Waals surface area contributed by atoms with Gasteiger partial charge >= 0.3 is 0 Å². The van der Waals surface area contributed by atoms with Gasteiger partial charge in [-0.3, -0.25) is 0 Å². The molecule has 0 aliphatic carbocycles. The summed E-state index contributed by atoms with van der Waals surface area (Å²) in [6.45, 7) is 0.584. The van der Waals surface area contributed by atoms with Crippen molar-refractivity contribution in [2.45, 2.75) is 13.2 Å². The predicted octanol–water partition coefficient (Wildman–Crippen LogP) is 6.65. The average Bonchev–Trinajstić information content (AvgIpc) is 3.30. The number of benzene rings is 3. The molecular formula is C23H17Cl3N4O2. The summed E-state index contributed by atoms with van der Waals surface area (Å²) in [5, 5.41) is 10.2. The molecule has 162 valence electrons. The van der Waals surface area contributed by atoms with Crippen LogP contribution in [-0.2, 0) is 18.0 Å². The number of oxime groups is 1. The minimum absolute atomic E-state index is 0.203. The van der Waals surface area contributed by atoms with Crippen molar-refractivity contribution in [2.24, 2.45) is 5.16 Å². The summed E-state index contributed by atoms with van der Waals surface area (Å²) in [5.41, 5.74) is 2.30. The average molecular weight is 488 g/mol. The van der Waals surface area contributed by atoms with Crippen LogP contribution in [0.3, 0.4) is 0 Å². The third-order valence-corrected chi connectivity index (χ3v) is 5.26. The van der Waals surface area contributed by atoms with Gasteiger partial charge in [-0.1, -0.05) is 46.0 Å². The zero-order valence-corrected chi connectivity index (χ0v) is 18.9. The molecule has 1 heterocycles. The Bertz CT molecular complexity index is 1200. The summed E-state index contributed by atoms with van der Waals surface area (Å²) in [7, 11) is 0. The van der Waals surface area contributed by atoms with Gasteiger partial charge in [0.05, 0.1) is 6.54 Å². The second-order valence-corrected chi connectivity index (χ2v) is 8.00. The van der Waals surface area contributed by atoms with Gasteiger partial charge in [0.25, 0.3) is 0 Å². The zero-order chi connectivity index (χ0) is 22.3. The van der Waals surface area contributed by atoms with E-state index in [1.807, 2.05) is 36.4 Å². The Hall–Kier alpha value is -3.06. The Kier molecular flexibility index (Phi) is 7.27. The SMILES string of the molecule is Clc1ccc(Oc2ccc(/C(Cn3cncn3)=N\OCc3ccc(Cl)cc3Cl)cc2)cc1. The van der Waals surface area contributed by atoms with Crippen LogP contribution in [0, 0.1) is 0 Å². The van der Waals surface area contributed by atoms with Crippen molar-refractivity contribution in [3.05, 3.63) is 106 Å². The van der Waals surface area contributed by atoms with Crippen molar-refractivity contribution in [1.82, 2.24) is 14.8 Å². The monoisotopic (exact) mass is 486 g/mol.